The number of carbonyl (C=O) groups is 1. The molecule has 28 heavy (non-hydrogen) atoms. The maximum absolute atomic E-state index is 12.4. The maximum Gasteiger partial charge on any atom is 0.269 e. The number of unbranched alkanes of at least 4 members (excludes halogenated alkanes) is 1. The minimum atomic E-state index is -0.419. The zero-order valence-corrected chi connectivity index (χ0v) is 19.5. The fraction of sp³-hybridized carbons (Fsp3) is 0.579. The molecule has 0 aliphatic heterocycles. The molecule has 8 nitrogen and oxygen atoms in total. The molecule has 0 bridgehead atoms. The number of nitro groups is 1. The van der Waals surface area contributed by atoms with E-state index in [1.54, 1.807) is 17.0 Å². The monoisotopic (exact) mass is 505 g/mol. The fourth-order valence-electron chi connectivity index (χ4n) is 2.53. The zero-order chi connectivity index (χ0) is 20.2. The first-order chi connectivity index (χ1) is 12.9. The van der Waals surface area contributed by atoms with E-state index in [1.165, 1.54) is 12.1 Å². The summed E-state index contributed by atoms with van der Waals surface area (Å²) in [5.41, 5.74) is 0.935. The summed E-state index contributed by atoms with van der Waals surface area (Å²) in [6.45, 7) is 8.82. The van der Waals surface area contributed by atoms with Gasteiger partial charge in [-0.3, -0.25) is 14.9 Å². The molecule has 9 heteroatoms. The molecule has 0 saturated heterocycles. The van der Waals surface area contributed by atoms with E-state index in [0.29, 0.717) is 25.6 Å². The van der Waals surface area contributed by atoms with Crippen molar-refractivity contribution in [3.05, 3.63) is 39.9 Å². The highest BCUT2D eigenvalue weighted by molar-refractivity contribution is 14.0. The predicted molar refractivity (Wildman–Crippen MR) is 123 cm³/mol. The summed E-state index contributed by atoms with van der Waals surface area (Å²) in [4.78, 5) is 30.9. The van der Waals surface area contributed by atoms with Crippen molar-refractivity contribution in [3.8, 4) is 0 Å². The van der Waals surface area contributed by atoms with Crippen LogP contribution in [0, 0.1) is 10.1 Å². The molecule has 1 amide bonds. The van der Waals surface area contributed by atoms with E-state index in [9.17, 15) is 14.9 Å². The van der Waals surface area contributed by atoms with Crippen LogP contribution >= 0.6 is 24.0 Å². The minimum absolute atomic E-state index is 0. The van der Waals surface area contributed by atoms with E-state index >= 15 is 0 Å². The van der Waals surface area contributed by atoms with Crippen molar-refractivity contribution in [1.82, 2.24) is 15.1 Å². The molecule has 0 heterocycles. The summed E-state index contributed by atoms with van der Waals surface area (Å²) in [5, 5.41) is 14.0. The number of rotatable bonds is 10. The Morgan fingerprint density at radius 2 is 1.79 bits per heavy atom. The number of nitrogens with zero attached hydrogens (tertiary/aromatic N) is 4. The lowest BCUT2D eigenvalue weighted by atomic mass is 10.2. The molecule has 1 rings (SSSR count). The van der Waals surface area contributed by atoms with Crippen molar-refractivity contribution in [3.63, 3.8) is 0 Å². The molecule has 0 radical (unpaired) electrons. The molecule has 1 aromatic rings. The molecule has 1 aromatic carbocycles. The molecule has 0 saturated carbocycles. The van der Waals surface area contributed by atoms with Crippen LogP contribution in [0.3, 0.4) is 0 Å². The fourth-order valence-corrected chi connectivity index (χ4v) is 2.53. The van der Waals surface area contributed by atoms with Crippen molar-refractivity contribution < 1.29 is 9.72 Å². The molecule has 0 atom stereocenters. The predicted octanol–water partition coefficient (Wildman–Crippen LogP) is 3.26. The lowest BCUT2D eigenvalue weighted by Gasteiger charge is -2.26. The maximum atomic E-state index is 12.4. The van der Waals surface area contributed by atoms with E-state index in [-0.39, 0.29) is 42.1 Å². The Kier molecular flexibility index (Phi) is 13.2. The second-order valence-electron chi connectivity index (χ2n) is 6.27. The van der Waals surface area contributed by atoms with Gasteiger partial charge >= 0.3 is 0 Å². The van der Waals surface area contributed by atoms with Gasteiger partial charge < -0.3 is 15.1 Å². The standard InChI is InChI=1S/C19H31N5O3.HI/c1-5-8-13-20-19(22(4)15-18(25)23(6-2)7-3)21-14-16-9-11-17(12-10-16)24(26)27;/h9-12H,5-8,13-15H2,1-4H3,(H,20,21);1H. The first-order valence-electron chi connectivity index (χ1n) is 9.43. The van der Waals surface area contributed by atoms with Gasteiger partial charge in [-0.05, 0) is 25.8 Å². The summed E-state index contributed by atoms with van der Waals surface area (Å²) >= 11 is 0. The number of benzene rings is 1. The highest BCUT2D eigenvalue weighted by Crippen LogP contribution is 2.12. The van der Waals surface area contributed by atoms with Gasteiger partial charge in [0.25, 0.3) is 5.69 Å². The molecular weight excluding hydrogens is 473 g/mol. The van der Waals surface area contributed by atoms with Crippen LogP contribution in [0.25, 0.3) is 0 Å². The van der Waals surface area contributed by atoms with Gasteiger partial charge in [0, 0.05) is 38.8 Å². The number of nitro benzene ring substituents is 1. The topological polar surface area (TPSA) is 91.1 Å². The van der Waals surface area contributed by atoms with Crippen LogP contribution in [0.15, 0.2) is 29.3 Å². The minimum Gasteiger partial charge on any atom is -0.356 e. The van der Waals surface area contributed by atoms with E-state index in [4.69, 9.17) is 0 Å². The van der Waals surface area contributed by atoms with Gasteiger partial charge in [0.1, 0.15) is 0 Å². The lowest BCUT2D eigenvalue weighted by molar-refractivity contribution is -0.384. The van der Waals surface area contributed by atoms with Crippen molar-refractivity contribution in [2.75, 3.05) is 33.2 Å². The lowest BCUT2D eigenvalue weighted by Crippen LogP contribution is -2.46. The molecule has 0 aromatic heterocycles. The first kappa shape index (κ1) is 26.1. The molecular formula is C19H32IN5O3. The van der Waals surface area contributed by atoms with Crippen LogP contribution in [0.1, 0.15) is 39.2 Å². The van der Waals surface area contributed by atoms with Crippen LogP contribution in [-0.2, 0) is 11.3 Å². The Hall–Kier alpha value is -1.91. The third-order valence-electron chi connectivity index (χ3n) is 4.22. The number of non-ortho nitro benzene ring substituents is 1. The quantitative estimate of drug-likeness (QED) is 0.132. The van der Waals surface area contributed by atoms with Gasteiger partial charge in [0.2, 0.25) is 5.91 Å². The number of hydrogen-bond acceptors (Lipinski definition) is 4. The van der Waals surface area contributed by atoms with Gasteiger partial charge in [0.15, 0.2) is 5.96 Å². The number of nitrogens with one attached hydrogen (secondary N) is 1. The second kappa shape index (κ2) is 14.1. The molecule has 158 valence electrons. The summed E-state index contributed by atoms with van der Waals surface area (Å²) in [7, 11) is 1.84. The molecule has 0 spiro atoms. The van der Waals surface area contributed by atoms with Gasteiger partial charge in [-0.2, -0.15) is 0 Å². The van der Waals surface area contributed by atoms with Crippen molar-refractivity contribution in [1.29, 1.82) is 0 Å². The highest BCUT2D eigenvalue weighted by Gasteiger charge is 2.15. The van der Waals surface area contributed by atoms with Crippen LogP contribution < -0.4 is 5.32 Å². The van der Waals surface area contributed by atoms with E-state index < -0.39 is 4.92 Å². The second-order valence-corrected chi connectivity index (χ2v) is 6.27. The Morgan fingerprint density at radius 3 is 2.29 bits per heavy atom. The van der Waals surface area contributed by atoms with Crippen LogP contribution in [0.4, 0.5) is 5.69 Å². The number of likely N-dealkylation sites (N-methyl/N-ethyl adjacent to an activating group) is 2. The zero-order valence-electron chi connectivity index (χ0n) is 17.2. The Morgan fingerprint density at radius 1 is 1.18 bits per heavy atom. The molecule has 0 unspecified atom stereocenters. The average molecular weight is 505 g/mol. The van der Waals surface area contributed by atoms with Crippen LogP contribution in [-0.4, -0.2) is 59.8 Å². The van der Waals surface area contributed by atoms with Gasteiger partial charge in [-0.25, -0.2) is 4.99 Å². The SMILES string of the molecule is CCCCNC(=NCc1ccc([N+](=O)[O-])cc1)N(C)CC(=O)N(CC)CC.I. The number of amides is 1. The third-order valence-corrected chi connectivity index (χ3v) is 4.22. The molecule has 0 aliphatic carbocycles. The Balaban J connectivity index is 0.00000729. The van der Waals surface area contributed by atoms with Crippen molar-refractivity contribution in [2.24, 2.45) is 4.99 Å². The molecule has 1 N–H and O–H groups in total. The highest BCUT2D eigenvalue weighted by atomic mass is 127. The number of aliphatic imine (C=N–C) groups is 1. The summed E-state index contributed by atoms with van der Waals surface area (Å²) in [6, 6.07) is 6.35. The molecule has 0 fully saturated rings. The number of halogens is 1. The summed E-state index contributed by atoms with van der Waals surface area (Å²) < 4.78 is 0. The Labute approximate surface area is 184 Å². The summed E-state index contributed by atoms with van der Waals surface area (Å²) in [5.74, 6) is 0.713. The number of hydrogen-bond donors (Lipinski definition) is 1. The van der Waals surface area contributed by atoms with E-state index in [0.717, 1.165) is 24.9 Å². The van der Waals surface area contributed by atoms with E-state index in [2.05, 4.69) is 17.2 Å². The van der Waals surface area contributed by atoms with Crippen molar-refractivity contribution in [2.45, 2.75) is 40.2 Å². The van der Waals surface area contributed by atoms with Gasteiger partial charge in [0.05, 0.1) is 18.0 Å². The van der Waals surface area contributed by atoms with E-state index in [1.807, 2.05) is 25.8 Å². The van der Waals surface area contributed by atoms with Gasteiger partial charge in [-0.15, -0.1) is 24.0 Å². The smallest absolute Gasteiger partial charge is 0.269 e. The average Bonchev–Trinajstić information content (AvgIpc) is 2.65. The number of guanidine groups is 1. The number of carbonyl (C=O) groups excluding carboxylic acids is 1. The Bertz CT molecular complexity index is 633. The van der Waals surface area contributed by atoms with Crippen molar-refractivity contribution >= 4 is 41.5 Å². The van der Waals surface area contributed by atoms with Crippen LogP contribution in [0.2, 0.25) is 0 Å². The third kappa shape index (κ3) is 8.85. The van der Waals surface area contributed by atoms with Crippen LogP contribution in [0.5, 0.6) is 0 Å². The first-order valence-corrected chi connectivity index (χ1v) is 9.43. The van der Waals surface area contributed by atoms with Gasteiger partial charge in [-0.1, -0.05) is 25.5 Å². The largest absolute Gasteiger partial charge is 0.356 e. The normalized spacial score (nSPS) is 10.8. The molecule has 0 aliphatic rings. The summed E-state index contributed by atoms with van der Waals surface area (Å²) in [6.07, 6.45) is 2.07.